The number of aliphatic hydroxyl groups is 4. The smallest absolute Gasteiger partial charge is 0.165 e. The van der Waals surface area contributed by atoms with Gasteiger partial charge in [-0.15, -0.1) is 0 Å². The van der Waals surface area contributed by atoms with E-state index >= 15 is 0 Å². The molecule has 1 saturated heterocycles. The first-order valence-electron chi connectivity index (χ1n) is 7.14. The van der Waals surface area contributed by atoms with Gasteiger partial charge in [-0.3, -0.25) is 4.57 Å². The zero-order valence-electron chi connectivity index (χ0n) is 12.2. The number of thioether (sulfide) groups is 1. The second-order valence-corrected chi connectivity index (χ2v) is 6.25. The number of rotatable bonds is 6. The molecular formula is C13H18N4O5S. The zero-order chi connectivity index (χ0) is 16.4. The predicted molar refractivity (Wildman–Crippen MR) is 81.6 cm³/mol. The van der Waals surface area contributed by atoms with Gasteiger partial charge in [-0.1, -0.05) is 0 Å². The number of aromatic nitrogens is 4. The molecule has 0 aromatic carbocycles. The fourth-order valence-electron chi connectivity index (χ4n) is 2.54. The Kier molecular flexibility index (Phi) is 5.09. The Labute approximate surface area is 136 Å². The summed E-state index contributed by atoms with van der Waals surface area (Å²) in [6.45, 7) is -0.296. The Hall–Kier alpha value is -1.30. The standard InChI is InChI=1S/C13H18N4O5S/c18-1-2-23-4-7-9-12(15-5-14-7)17(6-16-9)13-11(21)10(20)8(3-19)22-13/h5-6,8,10-11,13,18-21H,1-4H2/t8-,10-,11-,13-/m1/s1. The SMILES string of the molecule is OCCSCc1ncnc2c1ncn2[C@@H]1O[C@H](CO)[C@@H](O)[C@H]1O. The van der Waals surface area contributed by atoms with Gasteiger partial charge in [-0.05, 0) is 0 Å². The van der Waals surface area contributed by atoms with Crippen molar-refractivity contribution in [2.75, 3.05) is 19.0 Å². The van der Waals surface area contributed by atoms with Gasteiger partial charge in [0.1, 0.15) is 30.2 Å². The van der Waals surface area contributed by atoms with Crippen LogP contribution in [0.3, 0.4) is 0 Å². The fourth-order valence-corrected chi connectivity index (χ4v) is 3.21. The van der Waals surface area contributed by atoms with E-state index in [2.05, 4.69) is 15.0 Å². The van der Waals surface area contributed by atoms with Crippen molar-refractivity contribution in [2.45, 2.75) is 30.3 Å². The van der Waals surface area contributed by atoms with Crippen LogP contribution >= 0.6 is 11.8 Å². The number of hydrogen-bond donors (Lipinski definition) is 4. The molecule has 1 aliphatic heterocycles. The summed E-state index contributed by atoms with van der Waals surface area (Å²) in [4.78, 5) is 12.7. The zero-order valence-corrected chi connectivity index (χ0v) is 13.0. The monoisotopic (exact) mass is 342 g/mol. The molecule has 4 atom stereocenters. The molecule has 0 amide bonds. The van der Waals surface area contributed by atoms with Gasteiger partial charge in [0.25, 0.3) is 0 Å². The Bertz CT molecular complexity index is 669. The van der Waals surface area contributed by atoms with Gasteiger partial charge < -0.3 is 25.2 Å². The number of aliphatic hydroxyl groups excluding tert-OH is 4. The van der Waals surface area contributed by atoms with Crippen LogP contribution in [0.5, 0.6) is 0 Å². The highest BCUT2D eigenvalue weighted by Crippen LogP contribution is 2.31. The van der Waals surface area contributed by atoms with Crippen LogP contribution in [0.2, 0.25) is 0 Å². The summed E-state index contributed by atoms with van der Waals surface area (Å²) in [6, 6.07) is 0. The van der Waals surface area contributed by atoms with E-state index in [0.29, 0.717) is 22.7 Å². The third kappa shape index (κ3) is 3.05. The molecule has 2 aromatic heterocycles. The molecule has 2 aromatic rings. The van der Waals surface area contributed by atoms with E-state index in [1.54, 1.807) is 0 Å². The molecule has 126 valence electrons. The van der Waals surface area contributed by atoms with E-state index in [9.17, 15) is 15.3 Å². The maximum absolute atomic E-state index is 10.1. The van der Waals surface area contributed by atoms with Crippen LogP contribution in [0.15, 0.2) is 12.7 Å². The van der Waals surface area contributed by atoms with Crippen LogP contribution in [0.25, 0.3) is 11.2 Å². The van der Waals surface area contributed by atoms with Crippen LogP contribution < -0.4 is 0 Å². The first kappa shape index (κ1) is 16.6. The number of imidazole rings is 1. The minimum Gasteiger partial charge on any atom is -0.396 e. The third-order valence-corrected chi connectivity index (χ3v) is 4.65. The Morgan fingerprint density at radius 1 is 1.17 bits per heavy atom. The van der Waals surface area contributed by atoms with Crippen molar-refractivity contribution in [1.29, 1.82) is 0 Å². The first-order chi connectivity index (χ1) is 11.2. The van der Waals surface area contributed by atoms with Crippen LogP contribution in [0.1, 0.15) is 11.9 Å². The highest BCUT2D eigenvalue weighted by atomic mass is 32.2. The minimum absolute atomic E-state index is 0.0931. The molecule has 1 fully saturated rings. The summed E-state index contributed by atoms with van der Waals surface area (Å²) in [6.07, 6.45) is -1.22. The lowest BCUT2D eigenvalue weighted by atomic mass is 10.1. The van der Waals surface area contributed by atoms with E-state index < -0.39 is 24.5 Å². The van der Waals surface area contributed by atoms with Crippen LogP contribution in [0.4, 0.5) is 0 Å². The summed E-state index contributed by atoms with van der Waals surface area (Å²) >= 11 is 1.52. The van der Waals surface area contributed by atoms with Crippen LogP contribution in [-0.4, -0.2) is 77.2 Å². The summed E-state index contributed by atoms with van der Waals surface area (Å²) in [5.74, 6) is 1.17. The molecule has 4 N–H and O–H groups in total. The molecule has 23 heavy (non-hydrogen) atoms. The van der Waals surface area contributed by atoms with Crippen molar-refractivity contribution in [1.82, 2.24) is 19.5 Å². The normalized spacial score (nSPS) is 27.8. The second kappa shape index (κ2) is 7.07. The number of hydrogen-bond acceptors (Lipinski definition) is 9. The molecule has 0 radical (unpaired) electrons. The molecule has 0 saturated carbocycles. The van der Waals surface area contributed by atoms with Gasteiger partial charge in [0, 0.05) is 11.5 Å². The molecule has 1 aliphatic rings. The fraction of sp³-hybridized carbons (Fsp3) is 0.615. The second-order valence-electron chi connectivity index (χ2n) is 5.15. The molecule has 0 aliphatic carbocycles. The van der Waals surface area contributed by atoms with Crippen LogP contribution in [0, 0.1) is 0 Å². The minimum atomic E-state index is -1.19. The van der Waals surface area contributed by atoms with E-state index in [1.165, 1.54) is 29.0 Å². The predicted octanol–water partition coefficient (Wildman–Crippen LogP) is -1.34. The van der Waals surface area contributed by atoms with Crippen LogP contribution in [-0.2, 0) is 10.5 Å². The molecule has 10 heteroatoms. The van der Waals surface area contributed by atoms with Crippen molar-refractivity contribution in [3.8, 4) is 0 Å². The van der Waals surface area contributed by atoms with Gasteiger partial charge >= 0.3 is 0 Å². The number of fused-ring (bicyclic) bond motifs is 1. The van der Waals surface area contributed by atoms with Gasteiger partial charge in [0.05, 0.1) is 25.2 Å². The average molecular weight is 342 g/mol. The lowest BCUT2D eigenvalue weighted by Crippen LogP contribution is -2.33. The number of ether oxygens (including phenoxy) is 1. The van der Waals surface area contributed by atoms with Gasteiger partial charge in [0.15, 0.2) is 11.9 Å². The maximum atomic E-state index is 10.1. The molecule has 9 nitrogen and oxygen atoms in total. The highest BCUT2D eigenvalue weighted by molar-refractivity contribution is 7.98. The Morgan fingerprint density at radius 3 is 2.70 bits per heavy atom. The lowest BCUT2D eigenvalue weighted by molar-refractivity contribution is -0.0511. The van der Waals surface area contributed by atoms with Crippen molar-refractivity contribution in [2.24, 2.45) is 0 Å². The van der Waals surface area contributed by atoms with E-state index in [0.717, 1.165) is 5.69 Å². The Morgan fingerprint density at radius 2 is 2.00 bits per heavy atom. The van der Waals surface area contributed by atoms with E-state index in [-0.39, 0.29) is 13.2 Å². The third-order valence-electron chi connectivity index (χ3n) is 3.70. The van der Waals surface area contributed by atoms with E-state index in [1.807, 2.05) is 0 Å². The number of nitrogens with zero attached hydrogens (tertiary/aromatic N) is 4. The Balaban J connectivity index is 1.90. The quantitative estimate of drug-likeness (QED) is 0.471. The summed E-state index contributed by atoms with van der Waals surface area (Å²) in [5, 5.41) is 38.0. The molecule has 0 spiro atoms. The molecular weight excluding hydrogens is 324 g/mol. The van der Waals surface area contributed by atoms with E-state index in [4.69, 9.17) is 9.84 Å². The van der Waals surface area contributed by atoms with Gasteiger partial charge in [-0.25, -0.2) is 15.0 Å². The summed E-state index contributed by atoms with van der Waals surface area (Å²) in [5.41, 5.74) is 1.78. The molecule has 3 heterocycles. The highest BCUT2D eigenvalue weighted by Gasteiger charge is 2.43. The topological polar surface area (TPSA) is 134 Å². The summed E-state index contributed by atoms with van der Waals surface area (Å²) in [7, 11) is 0. The summed E-state index contributed by atoms with van der Waals surface area (Å²) < 4.78 is 7.03. The van der Waals surface area contributed by atoms with Crippen molar-refractivity contribution in [3.05, 3.63) is 18.3 Å². The molecule has 0 bridgehead atoms. The van der Waals surface area contributed by atoms with Gasteiger partial charge in [-0.2, -0.15) is 11.8 Å². The van der Waals surface area contributed by atoms with Crippen molar-refractivity contribution >= 4 is 22.9 Å². The largest absolute Gasteiger partial charge is 0.396 e. The average Bonchev–Trinajstić information content (AvgIpc) is 3.11. The van der Waals surface area contributed by atoms with Crippen molar-refractivity contribution < 1.29 is 25.2 Å². The lowest BCUT2D eigenvalue weighted by Gasteiger charge is -2.16. The van der Waals surface area contributed by atoms with Crippen molar-refractivity contribution in [3.63, 3.8) is 0 Å². The first-order valence-corrected chi connectivity index (χ1v) is 8.30. The molecule has 0 unspecified atom stereocenters. The molecule has 3 rings (SSSR count). The van der Waals surface area contributed by atoms with Gasteiger partial charge in [0.2, 0.25) is 0 Å². The maximum Gasteiger partial charge on any atom is 0.165 e.